The highest BCUT2D eigenvalue weighted by molar-refractivity contribution is 9.10. The third kappa shape index (κ3) is 2.56. The van der Waals surface area contributed by atoms with Crippen molar-refractivity contribution in [3.63, 3.8) is 0 Å². The molecule has 0 aliphatic rings. The van der Waals surface area contributed by atoms with Crippen LogP contribution in [0.1, 0.15) is 29.8 Å². The summed E-state index contributed by atoms with van der Waals surface area (Å²) >= 11 is 3.42. The van der Waals surface area contributed by atoms with Crippen LogP contribution < -0.4 is 0 Å². The number of hydrogen-bond acceptors (Lipinski definition) is 3. The van der Waals surface area contributed by atoms with Crippen molar-refractivity contribution in [2.75, 3.05) is 6.61 Å². The number of Topliss-reactive ketones (excluding diaryl/α,β-unsaturated/α-hetero) is 1. The molecule has 0 aliphatic carbocycles. The molecule has 1 aromatic heterocycles. The van der Waals surface area contributed by atoms with Gasteiger partial charge in [0.25, 0.3) is 5.78 Å². The van der Waals surface area contributed by atoms with Gasteiger partial charge in [0.2, 0.25) is 0 Å². The zero-order valence-electron chi connectivity index (χ0n) is 10.7. The molecule has 0 atom stereocenters. The van der Waals surface area contributed by atoms with Crippen LogP contribution in [0.25, 0.3) is 10.9 Å². The Labute approximate surface area is 119 Å². The molecule has 100 valence electrons. The summed E-state index contributed by atoms with van der Waals surface area (Å²) in [4.78, 5) is 26.6. The monoisotopic (exact) mass is 323 g/mol. The van der Waals surface area contributed by atoms with Crippen molar-refractivity contribution < 1.29 is 14.3 Å². The largest absolute Gasteiger partial charge is 0.460 e. The fourth-order valence-electron chi connectivity index (χ4n) is 2.04. The molecular formula is C14H14BrNO3. The molecule has 0 saturated carbocycles. The molecule has 2 rings (SSSR count). The molecule has 0 saturated heterocycles. The third-order valence-electron chi connectivity index (χ3n) is 2.92. The number of hydrogen-bond donors (Lipinski definition) is 1. The van der Waals surface area contributed by atoms with Crippen LogP contribution >= 0.6 is 15.9 Å². The van der Waals surface area contributed by atoms with Crippen molar-refractivity contribution in [2.45, 2.75) is 20.3 Å². The van der Waals surface area contributed by atoms with E-state index < -0.39 is 11.8 Å². The van der Waals surface area contributed by atoms with Gasteiger partial charge in [-0.2, -0.15) is 0 Å². The average Bonchev–Trinajstić information content (AvgIpc) is 2.80. The summed E-state index contributed by atoms with van der Waals surface area (Å²) in [6, 6.07) is 3.83. The van der Waals surface area contributed by atoms with Gasteiger partial charge in [-0.05, 0) is 31.0 Å². The van der Waals surface area contributed by atoms with Gasteiger partial charge >= 0.3 is 5.97 Å². The minimum Gasteiger partial charge on any atom is -0.460 e. The zero-order valence-corrected chi connectivity index (χ0v) is 12.3. The van der Waals surface area contributed by atoms with Crippen LogP contribution in [-0.4, -0.2) is 23.3 Å². The second-order valence-corrected chi connectivity index (χ2v) is 5.01. The summed E-state index contributed by atoms with van der Waals surface area (Å²) in [6.07, 6.45) is 2.40. The van der Waals surface area contributed by atoms with E-state index in [4.69, 9.17) is 4.74 Å². The first-order valence-corrected chi connectivity index (χ1v) is 6.88. The Kier molecular flexibility index (Phi) is 4.04. The normalized spacial score (nSPS) is 10.7. The van der Waals surface area contributed by atoms with E-state index in [1.54, 1.807) is 13.1 Å². The Hall–Kier alpha value is -1.62. The van der Waals surface area contributed by atoms with E-state index in [1.807, 2.05) is 19.1 Å². The maximum absolute atomic E-state index is 12.0. The van der Waals surface area contributed by atoms with Crippen LogP contribution in [0.2, 0.25) is 0 Å². The molecule has 1 aromatic carbocycles. The summed E-state index contributed by atoms with van der Waals surface area (Å²) in [6.45, 7) is 3.90. The lowest BCUT2D eigenvalue weighted by Crippen LogP contribution is -2.17. The first-order valence-electron chi connectivity index (χ1n) is 6.09. The van der Waals surface area contributed by atoms with Gasteiger partial charge in [-0.1, -0.05) is 22.9 Å². The van der Waals surface area contributed by atoms with Crippen molar-refractivity contribution in [3.05, 3.63) is 33.9 Å². The molecule has 4 nitrogen and oxygen atoms in total. The van der Waals surface area contributed by atoms with Crippen LogP contribution in [0.15, 0.2) is 22.8 Å². The van der Waals surface area contributed by atoms with Crippen molar-refractivity contribution in [2.24, 2.45) is 0 Å². The smallest absolute Gasteiger partial charge is 0.379 e. The van der Waals surface area contributed by atoms with Gasteiger partial charge < -0.3 is 9.72 Å². The SMILES string of the molecule is CCOC(=O)C(=O)c1c[nH]c2c(CC)cc(Br)cc12. The van der Waals surface area contributed by atoms with Gasteiger partial charge in [0.1, 0.15) is 0 Å². The number of carbonyl (C=O) groups is 2. The predicted molar refractivity (Wildman–Crippen MR) is 76.3 cm³/mol. The molecule has 0 fully saturated rings. The maximum Gasteiger partial charge on any atom is 0.379 e. The van der Waals surface area contributed by atoms with Crippen molar-refractivity contribution >= 4 is 38.6 Å². The minimum atomic E-state index is -0.818. The number of benzene rings is 1. The highest BCUT2D eigenvalue weighted by atomic mass is 79.9. The number of nitrogens with one attached hydrogen (secondary N) is 1. The number of ether oxygens (including phenoxy) is 1. The highest BCUT2D eigenvalue weighted by Gasteiger charge is 2.22. The Morgan fingerprint density at radius 1 is 1.32 bits per heavy atom. The number of aromatic amines is 1. The van der Waals surface area contributed by atoms with E-state index >= 15 is 0 Å². The zero-order chi connectivity index (χ0) is 14.0. The molecule has 0 spiro atoms. The van der Waals surface area contributed by atoms with E-state index in [0.717, 1.165) is 27.4 Å². The molecule has 0 amide bonds. The number of ketones is 1. The number of aromatic nitrogens is 1. The molecule has 1 heterocycles. The number of carbonyl (C=O) groups excluding carboxylic acids is 2. The van der Waals surface area contributed by atoms with Gasteiger partial charge in [-0.25, -0.2) is 4.79 Å². The van der Waals surface area contributed by atoms with Crippen LogP contribution in [0.4, 0.5) is 0 Å². The van der Waals surface area contributed by atoms with Crippen LogP contribution in [0, 0.1) is 0 Å². The number of H-pyrrole nitrogens is 1. The molecule has 0 aliphatic heterocycles. The van der Waals surface area contributed by atoms with Crippen molar-refractivity contribution in [1.29, 1.82) is 0 Å². The van der Waals surface area contributed by atoms with Crippen LogP contribution in [0.5, 0.6) is 0 Å². The van der Waals surface area contributed by atoms with Gasteiger partial charge in [-0.15, -0.1) is 0 Å². The molecular weight excluding hydrogens is 310 g/mol. The summed E-state index contributed by atoms with van der Waals surface area (Å²) in [5, 5.41) is 0.740. The molecule has 0 radical (unpaired) electrons. The number of esters is 1. The highest BCUT2D eigenvalue weighted by Crippen LogP contribution is 2.27. The fraction of sp³-hybridized carbons (Fsp3) is 0.286. The summed E-state index contributed by atoms with van der Waals surface area (Å²) in [5.41, 5.74) is 2.33. The van der Waals surface area contributed by atoms with Crippen LogP contribution in [0.3, 0.4) is 0 Å². The van der Waals surface area contributed by atoms with Crippen molar-refractivity contribution in [1.82, 2.24) is 4.98 Å². The Bertz CT molecular complexity index is 645. The van der Waals surface area contributed by atoms with Crippen LogP contribution in [-0.2, 0) is 16.0 Å². The van der Waals surface area contributed by atoms with Gasteiger partial charge in [0.15, 0.2) is 0 Å². The van der Waals surface area contributed by atoms with Gasteiger partial charge in [0.05, 0.1) is 12.2 Å². The topological polar surface area (TPSA) is 59.2 Å². The quantitative estimate of drug-likeness (QED) is 0.534. The lowest BCUT2D eigenvalue weighted by atomic mass is 10.1. The Morgan fingerprint density at radius 3 is 2.68 bits per heavy atom. The lowest BCUT2D eigenvalue weighted by molar-refractivity contribution is -0.137. The number of rotatable bonds is 4. The summed E-state index contributed by atoms with van der Waals surface area (Å²) < 4.78 is 5.63. The Balaban J connectivity index is 2.54. The molecule has 0 bridgehead atoms. The average molecular weight is 324 g/mol. The molecule has 1 N–H and O–H groups in total. The summed E-state index contributed by atoms with van der Waals surface area (Å²) in [7, 11) is 0. The van der Waals surface area contributed by atoms with E-state index in [1.165, 1.54) is 0 Å². The fourth-order valence-corrected chi connectivity index (χ4v) is 2.55. The first-order chi connectivity index (χ1) is 9.08. The summed E-state index contributed by atoms with van der Waals surface area (Å²) in [5.74, 6) is -1.44. The molecule has 5 heteroatoms. The molecule has 19 heavy (non-hydrogen) atoms. The number of aryl methyl sites for hydroxylation is 1. The van der Waals surface area contributed by atoms with Crippen molar-refractivity contribution in [3.8, 4) is 0 Å². The lowest BCUT2D eigenvalue weighted by Gasteiger charge is -2.03. The van der Waals surface area contributed by atoms with E-state index in [0.29, 0.717) is 5.56 Å². The second kappa shape index (κ2) is 5.57. The number of fused-ring (bicyclic) bond motifs is 1. The number of halogens is 1. The van der Waals surface area contributed by atoms with Gasteiger partial charge in [0, 0.05) is 21.6 Å². The predicted octanol–water partition coefficient (Wildman–Crippen LogP) is 3.24. The standard InChI is InChI=1S/C14H14BrNO3/c1-3-8-5-9(15)6-10-11(7-16-12(8)10)13(17)14(18)19-4-2/h5-7,16H,3-4H2,1-2H3. The third-order valence-corrected chi connectivity index (χ3v) is 3.38. The first kappa shape index (κ1) is 13.8. The molecule has 2 aromatic rings. The van der Waals surface area contributed by atoms with E-state index in [-0.39, 0.29) is 6.61 Å². The second-order valence-electron chi connectivity index (χ2n) is 4.09. The molecule has 0 unspecified atom stereocenters. The minimum absolute atomic E-state index is 0.191. The Morgan fingerprint density at radius 2 is 2.05 bits per heavy atom. The van der Waals surface area contributed by atoms with Gasteiger partial charge in [-0.3, -0.25) is 4.79 Å². The van der Waals surface area contributed by atoms with E-state index in [9.17, 15) is 9.59 Å². The van der Waals surface area contributed by atoms with E-state index in [2.05, 4.69) is 20.9 Å². The maximum atomic E-state index is 12.0.